The molecule has 0 aliphatic carbocycles. The molecule has 8 heterocycles. The van der Waals surface area contributed by atoms with Gasteiger partial charge < -0.3 is 87.8 Å². The quantitative estimate of drug-likeness (QED) is 0.00920. The molecule has 4 aliphatic rings. The third-order valence-corrected chi connectivity index (χ3v) is 23.8. The maximum atomic E-state index is 13.2. The fourth-order valence-corrected chi connectivity index (χ4v) is 16.9. The van der Waals surface area contributed by atoms with Gasteiger partial charge in [-0.2, -0.15) is 25.3 Å². The number of aryl methyl sites for hydroxylation is 1. The van der Waals surface area contributed by atoms with Gasteiger partial charge in [0, 0.05) is 116 Å². The van der Waals surface area contributed by atoms with Gasteiger partial charge in [0.25, 0.3) is 22.2 Å². The molecule has 0 saturated carbocycles. The van der Waals surface area contributed by atoms with Crippen LogP contribution in [0.15, 0.2) is 67.7 Å². The van der Waals surface area contributed by atoms with E-state index in [4.69, 9.17) is 53.8 Å². The summed E-state index contributed by atoms with van der Waals surface area (Å²) in [4.78, 5) is 206. The van der Waals surface area contributed by atoms with Crippen molar-refractivity contribution in [2.75, 3.05) is 72.7 Å². The number of methoxy groups -OCH3 is 3. The van der Waals surface area contributed by atoms with Crippen molar-refractivity contribution < 1.29 is 134 Å². The first-order chi connectivity index (χ1) is 68.7. The summed E-state index contributed by atoms with van der Waals surface area (Å²) in [6.45, 7) is 24.9. The van der Waals surface area contributed by atoms with E-state index in [1.807, 2.05) is 43.3 Å². The van der Waals surface area contributed by atoms with Gasteiger partial charge in [-0.25, -0.2) is 39.1 Å². The first-order valence-corrected chi connectivity index (χ1v) is 53.6. The first kappa shape index (κ1) is 125. The van der Waals surface area contributed by atoms with Gasteiger partial charge in [-0.15, -0.1) is 0 Å². The molecule has 2 aromatic carbocycles. The van der Waals surface area contributed by atoms with E-state index in [1.165, 1.54) is 40.0 Å². The summed E-state index contributed by atoms with van der Waals surface area (Å²) in [5.74, 6) is -7.60. The number of nitrogens with two attached hydrogens (primary N) is 3. The number of carbonyl (C=O) groups excluding carboxylic acids is 10. The molecule has 47 nitrogen and oxygen atoms in total. The van der Waals surface area contributed by atoms with E-state index in [0.717, 1.165) is 89.0 Å². The van der Waals surface area contributed by atoms with E-state index in [0.29, 0.717) is 102 Å². The minimum atomic E-state index is -4.14. The monoisotopic (exact) mass is 2140 g/mol. The minimum absolute atomic E-state index is 0.0131. The number of rotatable bonds is 30. The molecule has 0 radical (unpaired) electrons. The van der Waals surface area contributed by atoms with E-state index in [-0.39, 0.29) is 117 Å². The molecule has 0 bridgehead atoms. The number of ketones is 1. The molecule has 8 N–H and O–H groups in total. The predicted octanol–water partition coefficient (Wildman–Crippen LogP) is 9.92. The molecule has 4 aliphatic heterocycles. The lowest BCUT2D eigenvalue weighted by Gasteiger charge is -2.30. The van der Waals surface area contributed by atoms with Crippen LogP contribution in [0, 0.1) is 0 Å². The van der Waals surface area contributed by atoms with E-state index in [1.54, 1.807) is 109 Å². The Morgan fingerprint density at radius 3 is 1.03 bits per heavy atom. The summed E-state index contributed by atoms with van der Waals surface area (Å²) in [7, 11) is -4.25. The highest BCUT2D eigenvalue weighted by molar-refractivity contribution is 7.86. The number of para-hydroxylation sites is 2. The van der Waals surface area contributed by atoms with Crippen molar-refractivity contribution in [2.45, 2.75) is 323 Å². The van der Waals surface area contributed by atoms with Crippen LogP contribution in [0.3, 0.4) is 0 Å². The number of nitrogen functional groups attached to an aromatic ring is 2. The van der Waals surface area contributed by atoms with E-state index in [2.05, 4.69) is 34.1 Å². The number of hydrogen-bond donors (Lipinski definition) is 5. The number of carboxylic acid groups (broad SMARTS) is 1. The summed E-state index contributed by atoms with van der Waals surface area (Å²) < 4.78 is 124. The Bertz CT molecular complexity index is 6350. The van der Waals surface area contributed by atoms with Crippen LogP contribution in [0.25, 0.3) is 0 Å². The van der Waals surface area contributed by atoms with Gasteiger partial charge in [0.1, 0.15) is 45.7 Å². The van der Waals surface area contributed by atoms with Crippen LogP contribution >= 0.6 is 0 Å². The van der Waals surface area contributed by atoms with Crippen LogP contribution in [-0.2, 0) is 131 Å². The standard InChI is InChI=1S/C28H38N4O6.C22H33N3O9S.C18H27N3O8S.C14H20N2O6S.C9H16O4.C7H10N2/c1-28(2,3)38-23(35)14-9-13-22(34)31(4)20-12-7-8-17-32-26(20)30-24(25(36)27(32)37)21(33)16-15-18-10-5-6-11-19(18)29;1-22(2,3)33-16(27)12-9-11-15(26)24(4)14-10-7-8-13-25-19(14)23-17(21(29)32-5)18(20(25)28)34-35(6,30)31;1-18(2,3)28-17(24)20(4)11-9-7-8-10-21-14(11)19-12(16(23)27-5)13(15(21)22)29-30(6,25)26;1-4-9-7-5-6-8-16-12(9)15-10(14(18)21-2)11(13(16)17)22-23(3,19)20;1-9(2,3)13-8(12)6-4-5-7(10)11;8-5-6-3-1-2-4-7(6)9/h5-6,10-11,20,36H,7-9,12-17,29H2,1-4H3;14H,7-13H2,1-6H3;11H,7-10H2,1-6H3;9H,4-8H2,1-3H3;4-6H2,1-3H3,(H,10,11);1-4H,5,8-9H2. The molecule has 4 aromatic heterocycles. The fourth-order valence-electron chi connectivity index (χ4n) is 15.6. The molecule has 4 unspecified atom stereocenters. The van der Waals surface area contributed by atoms with Crippen molar-refractivity contribution in [2.24, 2.45) is 5.73 Å². The third kappa shape index (κ3) is 39.8. The topological polar surface area (TPSA) is 650 Å². The van der Waals surface area contributed by atoms with Crippen molar-refractivity contribution in [3.05, 3.63) is 147 Å². The normalized spacial score (nSPS) is 15.5. The molecule has 822 valence electrons. The largest absolute Gasteiger partial charge is 0.501 e. The number of nitrogens with zero attached hydrogens (tertiary/aromatic N) is 11. The van der Waals surface area contributed by atoms with Gasteiger partial charge in [0.15, 0.2) is 28.6 Å². The van der Waals surface area contributed by atoms with Crippen LogP contribution in [0.4, 0.5) is 16.2 Å². The maximum absolute atomic E-state index is 13.2. The summed E-state index contributed by atoms with van der Waals surface area (Å²) in [6.07, 6.45) is 12.2. The Labute approximate surface area is 861 Å². The number of aromatic hydroxyl groups is 1. The SMILES string of the molecule is CC(C)(C)OC(=O)CCCC(=O)O.CCC1CCCCn2c1nc(C(=O)OC)c(OS(C)(=O)=O)c2=O.CN(C(=O)CCCC(=O)OC(C)(C)C)C1CCCCn2c1nc(C(=O)CCc1ccccc1N)c(O)c2=O.COC(=O)c1nc2n(c(=O)c1OS(C)(=O)=O)CCCCC2N(C)C(=O)CCCC(=O)OC(C)(C)C.COC(=O)c1nc2n(c(=O)c1OS(C)(=O)=O)CCCCC2N(C)C(=O)OC(C)(C)C.NCc1ccccc1N. The fraction of sp³-hybridized carbons (Fsp3) is 0.602. The molecule has 0 spiro atoms. The van der Waals surface area contributed by atoms with Crippen molar-refractivity contribution in [1.29, 1.82) is 0 Å². The number of Topliss-reactive ketones (excluding diaryl/α,β-unsaturated/α-hetero) is 1. The Balaban J connectivity index is 0.000000327. The van der Waals surface area contributed by atoms with Gasteiger partial charge in [-0.05, 0) is 209 Å². The van der Waals surface area contributed by atoms with Gasteiger partial charge >= 0.3 is 78.2 Å². The predicted molar refractivity (Wildman–Crippen MR) is 541 cm³/mol. The van der Waals surface area contributed by atoms with Gasteiger partial charge in [0.2, 0.25) is 34.8 Å². The number of ether oxygens (including phenoxy) is 7. The highest BCUT2D eigenvalue weighted by Gasteiger charge is 2.40. The lowest BCUT2D eigenvalue weighted by Crippen LogP contribution is -2.39. The lowest BCUT2D eigenvalue weighted by atomic mass is 9.99. The van der Waals surface area contributed by atoms with Crippen LogP contribution < -0.4 is 52.0 Å². The zero-order chi connectivity index (χ0) is 112. The van der Waals surface area contributed by atoms with Crippen molar-refractivity contribution >= 4 is 107 Å². The first-order valence-electron chi connectivity index (χ1n) is 48.2. The van der Waals surface area contributed by atoms with Crippen LogP contribution in [-0.4, -0.2) is 237 Å². The average Bonchev–Trinajstić information content (AvgIpc) is 1.35. The molecular formula is C98H144N14O33S3. The van der Waals surface area contributed by atoms with Gasteiger partial charge in [-0.1, -0.05) is 49.7 Å². The number of carbonyl (C=O) groups is 11. The van der Waals surface area contributed by atoms with Crippen LogP contribution in [0.5, 0.6) is 23.0 Å². The summed E-state index contributed by atoms with van der Waals surface area (Å²) in [5, 5.41) is 18.9. The Morgan fingerprint density at radius 1 is 0.412 bits per heavy atom. The summed E-state index contributed by atoms with van der Waals surface area (Å²) in [5.41, 5.74) is 12.8. The lowest BCUT2D eigenvalue weighted by molar-refractivity contribution is -0.156. The number of benzene rings is 2. The third-order valence-electron chi connectivity index (χ3n) is 22.4. The summed E-state index contributed by atoms with van der Waals surface area (Å²) in [6, 6.07) is 12.9. The van der Waals surface area contributed by atoms with Crippen LogP contribution in [0.1, 0.15) is 338 Å². The minimum Gasteiger partial charge on any atom is -0.501 e. The second kappa shape index (κ2) is 55.7. The molecule has 0 fully saturated rings. The van der Waals surface area contributed by atoms with Crippen molar-refractivity contribution in [3.63, 3.8) is 0 Å². The molecule has 3 amide bonds. The molecule has 50 heteroatoms. The highest BCUT2D eigenvalue weighted by Crippen LogP contribution is 2.36. The molecule has 6 aromatic rings. The summed E-state index contributed by atoms with van der Waals surface area (Å²) >= 11 is 0. The van der Waals surface area contributed by atoms with Crippen LogP contribution in [0.2, 0.25) is 0 Å². The van der Waals surface area contributed by atoms with Gasteiger partial charge in [-0.3, -0.25) is 71.0 Å². The molecule has 10 rings (SSSR count). The smallest absolute Gasteiger partial charge is 0.410 e. The second-order valence-electron chi connectivity index (χ2n) is 39.2. The molecule has 4 atom stereocenters. The van der Waals surface area contributed by atoms with Crippen molar-refractivity contribution in [3.8, 4) is 23.0 Å². The number of esters is 6. The molecular weight excluding hydrogens is 2000 g/mol. The molecule has 148 heavy (non-hydrogen) atoms. The van der Waals surface area contributed by atoms with E-state index >= 15 is 0 Å². The zero-order valence-electron chi connectivity index (χ0n) is 88.4. The van der Waals surface area contributed by atoms with Crippen molar-refractivity contribution in [1.82, 2.24) is 52.9 Å². The number of amides is 3. The second-order valence-corrected chi connectivity index (χ2v) is 44.0. The number of aromatic nitrogens is 8. The Kier molecular flexibility index (Phi) is 47.1. The number of hydrogen-bond acceptors (Lipinski definition) is 39. The van der Waals surface area contributed by atoms with E-state index in [9.17, 15) is 102 Å². The number of anilines is 2. The maximum Gasteiger partial charge on any atom is 0.410 e. The highest BCUT2D eigenvalue weighted by atomic mass is 32.2. The zero-order valence-corrected chi connectivity index (χ0v) is 90.8. The van der Waals surface area contributed by atoms with E-state index < -0.39 is 175 Å². The Hall–Kier alpha value is -13.3. The average molecular weight is 2140 g/mol. The number of fused-ring (bicyclic) bond motifs is 4. The number of carboxylic acids is 1. The number of aliphatic carboxylic acids is 1. The Morgan fingerprint density at radius 2 is 0.716 bits per heavy atom. The molecule has 0 saturated heterocycles. The van der Waals surface area contributed by atoms with Gasteiger partial charge in [0.05, 0.1) is 58.2 Å².